The third kappa shape index (κ3) is 3.11. The van der Waals surface area contributed by atoms with Crippen molar-refractivity contribution in [2.24, 2.45) is 16.7 Å². The topological polar surface area (TPSA) is 44.4 Å². The lowest BCUT2D eigenvalue weighted by Gasteiger charge is -2.39. The normalized spacial score (nSPS) is 38.5. The molecular weight excluding hydrogens is 319 g/mol. The minimum absolute atomic E-state index is 0.104. The third-order valence-corrected chi connectivity index (χ3v) is 7.11. The number of nitrogens with zero attached hydrogens (tertiary/aromatic N) is 1. The van der Waals surface area contributed by atoms with Crippen molar-refractivity contribution >= 4 is 6.03 Å². The minimum atomic E-state index is -4.18. The van der Waals surface area contributed by atoms with E-state index in [0.717, 1.165) is 12.8 Å². The summed E-state index contributed by atoms with van der Waals surface area (Å²) in [6.45, 7) is 6.57. The van der Waals surface area contributed by atoms with Crippen LogP contribution in [0.2, 0.25) is 0 Å². The van der Waals surface area contributed by atoms with Crippen LogP contribution in [-0.2, 0) is 0 Å². The molecule has 2 amide bonds. The molecule has 4 nitrogen and oxygen atoms in total. The second-order valence-corrected chi connectivity index (χ2v) is 8.62. The zero-order chi connectivity index (χ0) is 17.8. The van der Waals surface area contributed by atoms with Gasteiger partial charge in [0.2, 0.25) is 0 Å². The summed E-state index contributed by atoms with van der Waals surface area (Å²) in [6.07, 6.45) is -0.265. The van der Waals surface area contributed by atoms with Crippen molar-refractivity contribution in [1.82, 2.24) is 15.5 Å². The first-order valence-electron chi connectivity index (χ1n) is 8.87. The molecule has 0 radical (unpaired) electrons. The van der Waals surface area contributed by atoms with Gasteiger partial charge in [-0.2, -0.15) is 13.2 Å². The molecule has 2 aliphatic carbocycles. The molecule has 1 heterocycles. The van der Waals surface area contributed by atoms with Crippen LogP contribution < -0.4 is 10.6 Å². The summed E-state index contributed by atoms with van der Waals surface area (Å²) in [5.41, 5.74) is 0.328. The molecule has 0 aromatic rings. The van der Waals surface area contributed by atoms with E-state index in [4.69, 9.17) is 0 Å². The lowest BCUT2D eigenvalue weighted by Crippen LogP contribution is -2.52. The smallest absolute Gasteiger partial charge is 0.335 e. The molecule has 0 spiro atoms. The molecule has 3 fully saturated rings. The number of likely N-dealkylation sites (tertiary alicyclic amines) is 1. The van der Waals surface area contributed by atoms with Gasteiger partial charge in [-0.1, -0.05) is 20.8 Å². The minimum Gasteiger partial charge on any atom is -0.335 e. The number of halogens is 3. The summed E-state index contributed by atoms with van der Waals surface area (Å²) in [5.74, 6) is 0.640. The SMILES string of the molecule is CC1(C)[C@H]2CC[C@@]1(C)[C@H](NC(=O)N[C@@H]1CCN(CC(F)(F)F)C1)C2. The first-order chi connectivity index (χ1) is 11.0. The molecule has 0 aromatic heterocycles. The van der Waals surface area contributed by atoms with Crippen molar-refractivity contribution in [2.75, 3.05) is 19.6 Å². The Hall–Kier alpha value is -0.980. The number of hydrogen-bond acceptors (Lipinski definition) is 2. The second kappa shape index (κ2) is 5.78. The van der Waals surface area contributed by atoms with E-state index in [0.29, 0.717) is 18.9 Å². The fourth-order valence-electron chi connectivity index (χ4n) is 5.15. The van der Waals surface area contributed by atoms with Gasteiger partial charge in [0, 0.05) is 25.2 Å². The van der Waals surface area contributed by atoms with Crippen molar-refractivity contribution in [3.63, 3.8) is 0 Å². The van der Waals surface area contributed by atoms with Gasteiger partial charge in [0.1, 0.15) is 0 Å². The van der Waals surface area contributed by atoms with Gasteiger partial charge in [-0.3, -0.25) is 4.90 Å². The lowest BCUT2D eigenvalue weighted by atomic mass is 9.69. The van der Waals surface area contributed by atoms with E-state index in [-0.39, 0.29) is 35.5 Å². The average molecular weight is 347 g/mol. The molecule has 24 heavy (non-hydrogen) atoms. The van der Waals surface area contributed by atoms with E-state index in [9.17, 15) is 18.0 Å². The highest BCUT2D eigenvalue weighted by molar-refractivity contribution is 5.75. The van der Waals surface area contributed by atoms with E-state index >= 15 is 0 Å². The predicted octanol–water partition coefficient (Wildman–Crippen LogP) is 3.14. The van der Waals surface area contributed by atoms with Crippen molar-refractivity contribution in [3.05, 3.63) is 0 Å². The third-order valence-electron chi connectivity index (χ3n) is 7.11. The van der Waals surface area contributed by atoms with Crippen molar-refractivity contribution in [2.45, 2.75) is 64.7 Å². The largest absolute Gasteiger partial charge is 0.401 e. The van der Waals surface area contributed by atoms with Gasteiger partial charge in [0.05, 0.1) is 6.54 Å². The molecule has 0 unspecified atom stereocenters. The van der Waals surface area contributed by atoms with E-state index in [1.165, 1.54) is 11.3 Å². The first kappa shape index (κ1) is 17.8. The average Bonchev–Trinajstić information content (AvgIpc) is 2.99. The lowest BCUT2D eigenvalue weighted by molar-refractivity contribution is -0.143. The quantitative estimate of drug-likeness (QED) is 0.824. The number of fused-ring (bicyclic) bond motifs is 2. The van der Waals surface area contributed by atoms with Crippen molar-refractivity contribution < 1.29 is 18.0 Å². The number of alkyl halides is 3. The summed E-state index contributed by atoms with van der Waals surface area (Å²) in [6, 6.07) is -0.283. The maximum atomic E-state index is 12.4. The molecule has 2 saturated carbocycles. The molecule has 1 aliphatic heterocycles. The molecule has 7 heteroatoms. The molecule has 1 saturated heterocycles. The van der Waals surface area contributed by atoms with Crippen molar-refractivity contribution in [3.8, 4) is 0 Å². The summed E-state index contributed by atoms with van der Waals surface area (Å²) in [5, 5.41) is 5.97. The highest BCUT2D eigenvalue weighted by Crippen LogP contribution is 2.65. The van der Waals surface area contributed by atoms with Crippen molar-refractivity contribution in [1.29, 1.82) is 0 Å². The molecule has 0 aromatic carbocycles. The van der Waals surface area contributed by atoms with Crippen LogP contribution in [0.15, 0.2) is 0 Å². The summed E-state index contributed by atoms with van der Waals surface area (Å²) in [7, 11) is 0. The second-order valence-electron chi connectivity index (χ2n) is 8.62. The Labute approximate surface area is 141 Å². The van der Waals surface area contributed by atoms with E-state index in [1.807, 2.05) is 0 Å². The maximum absolute atomic E-state index is 12.4. The highest BCUT2D eigenvalue weighted by atomic mass is 19.4. The van der Waals surface area contributed by atoms with Gasteiger partial charge in [0.15, 0.2) is 0 Å². The zero-order valence-electron chi connectivity index (χ0n) is 14.7. The fraction of sp³-hybridized carbons (Fsp3) is 0.941. The number of carbonyl (C=O) groups excluding carboxylic acids is 1. The molecule has 3 rings (SSSR count). The molecule has 2 N–H and O–H groups in total. The van der Waals surface area contributed by atoms with Crippen LogP contribution in [0.1, 0.15) is 46.5 Å². The van der Waals surface area contributed by atoms with Crippen LogP contribution in [0.4, 0.5) is 18.0 Å². The van der Waals surface area contributed by atoms with E-state index in [2.05, 4.69) is 31.4 Å². The Morgan fingerprint density at radius 3 is 2.46 bits per heavy atom. The van der Waals surface area contributed by atoms with Crippen LogP contribution >= 0.6 is 0 Å². The van der Waals surface area contributed by atoms with Gasteiger partial charge >= 0.3 is 12.2 Å². The number of rotatable bonds is 3. The fourth-order valence-corrected chi connectivity index (χ4v) is 5.15. The van der Waals surface area contributed by atoms with Crippen LogP contribution in [0, 0.1) is 16.7 Å². The number of urea groups is 1. The van der Waals surface area contributed by atoms with Gasteiger partial charge < -0.3 is 10.6 Å². The molecular formula is C17H28F3N3O. The molecule has 138 valence electrons. The van der Waals surface area contributed by atoms with Gasteiger partial charge in [-0.25, -0.2) is 4.79 Å². The van der Waals surface area contributed by atoms with E-state index < -0.39 is 12.7 Å². The van der Waals surface area contributed by atoms with Gasteiger partial charge in [-0.15, -0.1) is 0 Å². The summed E-state index contributed by atoms with van der Waals surface area (Å²) < 4.78 is 37.3. The van der Waals surface area contributed by atoms with Crippen LogP contribution in [0.25, 0.3) is 0 Å². The Balaban J connectivity index is 1.49. The maximum Gasteiger partial charge on any atom is 0.401 e. The molecule has 2 bridgehead atoms. The Bertz CT molecular complexity index is 508. The number of nitrogens with one attached hydrogen (secondary N) is 2. The number of carbonyl (C=O) groups is 1. The Morgan fingerprint density at radius 1 is 1.21 bits per heavy atom. The van der Waals surface area contributed by atoms with Gasteiger partial charge in [0.25, 0.3) is 0 Å². The highest BCUT2D eigenvalue weighted by Gasteiger charge is 2.61. The Morgan fingerprint density at radius 2 is 1.92 bits per heavy atom. The number of amides is 2. The Kier molecular flexibility index (Phi) is 4.30. The summed E-state index contributed by atoms with van der Waals surface area (Å²) >= 11 is 0. The zero-order valence-corrected chi connectivity index (χ0v) is 14.7. The molecule has 3 aliphatic rings. The standard InChI is InChI=1S/C17H28F3N3O/c1-15(2)11-4-6-16(15,3)13(8-11)22-14(24)21-12-5-7-23(9-12)10-17(18,19)20/h11-13H,4-10H2,1-3H3,(H2,21,22,24)/t11-,12+,13+,16-/m0/s1. The monoisotopic (exact) mass is 347 g/mol. The molecule has 4 atom stereocenters. The summed E-state index contributed by atoms with van der Waals surface area (Å²) in [4.78, 5) is 13.7. The predicted molar refractivity (Wildman–Crippen MR) is 85.6 cm³/mol. The van der Waals surface area contributed by atoms with E-state index in [1.54, 1.807) is 0 Å². The first-order valence-corrected chi connectivity index (χ1v) is 8.87. The van der Waals surface area contributed by atoms with Crippen LogP contribution in [-0.4, -0.2) is 48.8 Å². The van der Waals surface area contributed by atoms with Crippen LogP contribution in [0.3, 0.4) is 0 Å². The van der Waals surface area contributed by atoms with Crippen LogP contribution in [0.5, 0.6) is 0 Å². The number of hydrogen-bond donors (Lipinski definition) is 2. The van der Waals surface area contributed by atoms with Gasteiger partial charge in [-0.05, 0) is 42.4 Å².